The molecule has 4 nitrogen and oxygen atoms in total. The van der Waals surface area contributed by atoms with E-state index in [9.17, 15) is 4.79 Å². The second-order valence-corrected chi connectivity index (χ2v) is 5.02. The zero-order chi connectivity index (χ0) is 12.8. The van der Waals surface area contributed by atoms with Gasteiger partial charge in [0, 0.05) is 36.8 Å². The van der Waals surface area contributed by atoms with Gasteiger partial charge >= 0.3 is 0 Å². The van der Waals surface area contributed by atoms with E-state index in [4.69, 9.17) is 5.73 Å². The smallest absolute Gasteiger partial charge is 0.221 e. The summed E-state index contributed by atoms with van der Waals surface area (Å²) >= 11 is 0. The van der Waals surface area contributed by atoms with Crippen molar-refractivity contribution < 1.29 is 4.79 Å². The Morgan fingerprint density at radius 3 is 2.78 bits per heavy atom. The minimum absolute atomic E-state index is 0.0333. The SMILES string of the molecule is NCCC(=O)NCC1(c2ccccn2)CCCC1. The van der Waals surface area contributed by atoms with Crippen LogP contribution in [-0.4, -0.2) is 24.0 Å². The van der Waals surface area contributed by atoms with Crippen molar-refractivity contribution in [3.8, 4) is 0 Å². The quantitative estimate of drug-likeness (QED) is 0.825. The number of nitrogens with two attached hydrogens (primary N) is 1. The van der Waals surface area contributed by atoms with E-state index in [1.807, 2.05) is 18.3 Å². The van der Waals surface area contributed by atoms with E-state index >= 15 is 0 Å². The van der Waals surface area contributed by atoms with E-state index in [1.54, 1.807) is 0 Å². The van der Waals surface area contributed by atoms with Crippen LogP contribution in [0.1, 0.15) is 37.8 Å². The van der Waals surface area contributed by atoms with Crippen LogP contribution >= 0.6 is 0 Å². The van der Waals surface area contributed by atoms with Gasteiger partial charge in [0.25, 0.3) is 0 Å². The average molecular weight is 247 g/mol. The molecule has 1 amide bonds. The summed E-state index contributed by atoms with van der Waals surface area (Å²) in [4.78, 5) is 16.0. The molecule has 3 N–H and O–H groups in total. The molecule has 2 rings (SSSR count). The van der Waals surface area contributed by atoms with Gasteiger partial charge in [0.2, 0.25) is 5.91 Å². The summed E-state index contributed by atoms with van der Waals surface area (Å²) in [7, 11) is 0. The highest BCUT2D eigenvalue weighted by Gasteiger charge is 2.36. The molecule has 0 atom stereocenters. The molecule has 1 aromatic rings. The fraction of sp³-hybridized carbons (Fsp3) is 0.571. The molecule has 0 spiro atoms. The molecule has 18 heavy (non-hydrogen) atoms. The van der Waals surface area contributed by atoms with E-state index in [1.165, 1.54) is 12.8 Å². The lowest BCUT2D eigenvalue weighted by Crippen LogP contribution is -2.40. The Morgan fingerprint density at radius 2 is 2.17 bits per heavy atom. The van der Waals surface area contributed by atoms with Crippen LogP contribution in [0, 0.1) is 0 Å². The lowest BCUT2D eigenvalue weighted by Gasteiger charge is -2.28. The molecular weight excluding hydrogens is 226 g/mol. The van der Waals surface area contributed by atoms with Gasteiger partial charge in [-0.1, -0.05) is 18.9 Å². The molecule has 0 aliphatic heterocycles. The Morgan fingerprint density at radius 1 is 1.39 bits per heavy atom. The van der Waals surface area contributed by atoms with Crippen LogP contribution in [0.2, 0.25) is 0 Å². The molecule has 1 saturated carbocycles. The summed E-state index contributed by atoms with van der Waals surface area (Å²) < 4.78 is 0. The largest absolute Gasteiger partial charge is 0.355 e. The fourth-order valence-electron chi connectivity index (χ4n) is 2.74. The average Bonchev–Trinajstić information content (AvgIpc) is 2.88. The van der Waals surface area contributed by atoms with Crippen LogP contribution in [0.4, 0.5) is 0 Å². The standard InChI is InChI=1S/C14H21N3O/c15-9-6-13(18)17-11-14(7-2-3-8-14)12-5-1-4-10-16-12/h1,4-5,10H,2-3,6-9,11,15H2,(H,17,18). The van der Waals surface area contributed by atoms with Crippen molar-refractivity contribution in [3.05, 3.63) is 30.1 Å². The zero-order valence-corrected chi connectivity index (χ0v) is 10.7. The maximum atomic E-state index is 11.6. The lowest BCUT2D eigenvalue weighted by atomic mass is 9.82. The van der Waals surface area contributed by atoms with Gasteiger partial charge in [0.05, 0.1) is 0 Å². The van der Waals surface area contributed by atoms with Crippen molar-refractivity contribution in [2.45, 2.75) is 37.5 Å². The molecular formula is C14H21N3O. The molecule has 1 aliphatic carbocycles. The molecule has 4 heteroatoms. The number of amides is 1. The number of nitrogens with one attached hydrogen (secondary N) is 1. The Balaban J connectivity index is 2.06. The van der Waals surface area contributed by atoms with Crippen molar-refractivity contribution in [3.63, 3.8) is 0 Å². The highest BCUT2D eigenvalue weighted by Crippen LogP contribution is 2.39. The monoisotopic (exact) mass is 247 g/mol. The van der Waals surface area contributed by atoms with Crippen molar-refractivity contribution in [1.29, 1.82) is 0 Å². The third kappa shape index (κ3) is 2.88. The summed E-state index contributed by atoms with van der Waals surface area (Å²) in [6.07, 6.45) is 6.86. The van der Waals surface area contributed by atoms with Crippen molar-refractivity contribution in [2.24, 2.45) is 5.73 Å². The molecule has 98 valence electrons. The summed E-state index contributed by atoms with van der Waals surface area (Å²) in [5.41, 5.74) is 6.52. The Hall–Kier alpha value is -1.42. The summed E-state index contributed by atoms with van der Waals surface area (Å²) in [5.74, 6) is 0.0414. The molecule has 1 aliphatic rings. The first kappa shape index (κ1) is 13.0. The topological polar surface area (TPSA) is 68.0 Å². The van der Waals surface area contributed by atoms with Crippen LogP contribution < -0.4 is 11.1 Å². The van der Waals surface area contributed by atoms with Gasteiger partial charge in [-0.25, -0.2) is 0 Å². The molecule has 0 saturated heterocycles. The normalized spacial score (nSPS) is 17.6. The summed E-state index contributed by atoms with van der Waals surface area (Å²) in [6.45, 7) is 1.09. The second kappa shape index (κ2) is 5.96. The summed E-state index contributed by atoms with van der Waals surface area (Å²) in [6, 6.07) is 6.02. The van der Waals surface area contributed by atoms with E-state index in [0.717, 1.165) is 18.5 Å². The number of carbonyl (C=O) groups excluding carboxylic acids is 1. The van der Waals surface area contributed by atoms with Crippen molar-refractivity contribution >= 4 is 5.91 Å². The van der Waals surface area contributed by atoms with Crippen LogP contribution in [-0.2, 0) is 10.2 Å². The lowest BCUT2D eigenvalue weighted by molar-refractivity contribution is -0.121. The van der Waals surface area contributed by atoms with Crippen LogP contribution in [0.25, 0.3) is 0 Å². The zero-order valence-electron chi connectivity index (χ0n) is 10.7. The van der Waals surface area contributed by atoms with Crippen LogP contribution in [0.5, 0.6) is 0 Å². The van der Waals surface area contributed by atoms with E-state index in [2.05, 4.69) is 16.4 Å². The number of hydrogen-bond acceptors (Lipinski definition) is 3. The van der Waals surface area contributed by atoms with Crippen molar-refractivity contribution in [2.75, 3.05) is 13.1 Å². The number of carbonyl (C=O) groups is 1. The second-order valence-electron chi connectivity index (χ2n) is 5.02. The van der Waals surface area contributed by atoms with Crippen molar-refractivity contribution in [1.82, 2.24) is 10.3 Å². The first-order valence-corrected chi connectivity index (χ1v) is 6.65. The van der Waals surface area contributed by atoms with Gasteiger partial charge < -0.3 is 11.1 Å². The maximum Gasteiger partial charge on any atom is 0.221 e. The predicted octanol–water partition coefficient (Wildman–Crippen LogP) is 1.36. The van der Waals surface area contributed by atoms with Gasteiger partial charge in [-0.2, -0.15) is 0 Å². The number of nitrogens with zero attached hydrogens (tertiary/aromatic N) is 1. The van der Waals surface area contributed by atoms with Gasteiger partial charge in [-0.05, 0) is 25.0 Å². The number of hydrogen-bond donors (Lipinski definition) is 2. The van der Waals surface area contributed by atoms with E-state index in [-0.39, 0.29) is 11.3 Å². The predicted molar refractivity (Wildman–Crippen MR) is 71.1 cm³/mol. The third-order valence-corrected chi connectivity index (χ3v) is 3.76. The molecule has 0 unspecified atom stereocenters. The molecule has 1 aromatic heterocycles. The highest BCUT2D eigenvalue weighted by atomic mass is 16.1. The minimum atomic E-state index is 0.0333. The molecule has 1 fully saturated rings. The van der Waals surface area contributed by atoms with Crippen LogP contribution in [0.3, 0.4) is 0 Å². The first-order valence-electron chi connectivity index (χ1n) is 6.65. The number of aromatic nitrogens is 1. The number of pyridine rings is 1. The Labute approximate surface area is 108 Å². The van der Waals surface area contributed by atoms with Gasteiger partial charge in [-0.3, -0.25) is 9.78 Å². The van der Waals surface area contributed by atoms with Gasteiger partial charge in [0.15, 0.2) is 0 Å². The summed E-state index contributed by atoms with van der Waals surface area (Å²) in [5, 5.41) is 3.01. The Bertz CT molecular complexity index is 385. The third-order valence-electron chi connectivity index (χ3n) is 3.76. The Kier molecular flexibility index (Phi) is 4.31. The van der Waals surface area contributed by atoms with E-state index in [0.29, 0.717) is 19.5 Å². The maximum absolute atomic E-state index is 11.6. The fourth-order valence-corrected chi connectivity index (χ4v) is 2.74. The van der Waals surface area contributed by atoms with Gasteiger partial charge in [0.1, 0.15) is 0 Å². The van der Waals surface area contributed by atoms with Gasteiger partial charge in [-0.15, -0.1) is 0 Å². The van der Waals surface area contributed by atoms with E-state index < -0.39 is 0 Å². The first-order chi connectivity index (χ1) is 8.77. The van der Waals surface area contributed by atoms with Crippen LogP contribution in [0.15, 0.2) is 24.4 Å². The minimum Gasteiger partial charge on any atom is -0.355 e. The molecule has 0 bridgehead atoms. The highest BCUT2D eigenvalue weighted by molar-refractivity contribution is 5.76. The molecule has 0 radical (unpaired) electrons. The molecule has 1 heterocycles. The number of rotatable bonds is 5. The molecule has 0 aromatic carbocycles.